The molecule has 0 saturated heterocycles. The Morgan fingerprint density at radius 3 is 2.33 bits per heavy atom. The maximum absolute atomic E-state index is 12.4. The maximum Gasteiger partial charge on any atom is 0.259 e. The maximum atomic E-state index is 12.4. The first kappa shape index (κ1) is 15.5. The highest BCUT2D eigenvalue weighted by Crippen LogP contribution is 2.28. The van der Waals surface area contributed by atoms with Crippen molar-refractivity contribution in [2.24, 2.45) is 0 Å². The SMILES string of the molecule is COc1ccc(C(=O)Nc2ccc3c(c2)C(=O)NC3=O)cc1OC. The predicted octanol–water partition coefficient (Wildman–Crippen LogP) is 1.84. The van der Waals surface area contributed by atoms with Crippen LogP contribution in [0.1, 0.15) is 31.1 Å². The highest BCUT2D eigenvalue weighted by molar-refractivity contribution is 6.22. The highest BCUT2D eigenvalue weighted by atomic mass is 16.5. The number of imide groups is 1. The molecule has 1 aliphatic rings. The second kappa shape index (κ2) is 6.04. The van der Waals surface area contributed by atoms with Crippen molar-refractivity contribution >= 4 is 23.4 Å². The first-order valence-corrected chi connectivity index (χ1v) is 7.06. The minimum absolute atomic E-state index is 0.241. The smallest absolute Gasteiger partial charge is 0.259 e. The Labute approximate surface area is 137 Å². The molecule has 7 nitrogen and oxygen atoms in total. The molecule has 0 unspecified atom stereocenters. The number of anilines is 1. The number of rotatable bonds is 4. The monoisotopic (exact) mass is 326 g/mol. The van der Waals surface area contributed by atoms with Gasteiger partial charge in [-0.3, -0.25) is 19.7 Å². The number of carbonyl (C=O) groups is 3. The fourth-order valence-electron chi connectivity index (χ4n) is 2.43. The summed E-state index contributed by atoms with van der Waals surface area (Å²) in [6, 6.07) is 9.31. The number of fused-ring (bicyclic) bond motifs is 1. The number of nitrogens with one attached hydrogen (secondary N) is 2. The molecule has 122 valence electrons. The van der Waals surface area contributed by atoms with Crippen LogP contribution in [0.5, 0.6) is 11.5 Å². The van der Waals surface area contributed by atoms with Crippen molar-refractivity contribution < 1.29 is 23.9 Å². The lowest BCUT2D eigenvalue weighted by atomic mass is 10.1. The molecule has 7 heteroatoms. The molecule has 0 aromatic heterocycles. The number of benzene rings is 2. The van der Waals surface area contributed by atoms with Crippen LogP contribution in [0.4, 0.5) is 5.69 Å². The zero-order chi connectivity index (χ0) is 17.3. The van der Waals surface area contributed by atoms with Gasteiger partial charge in [0.25, 0.3) is 17.7 Å². The first-order chi connectivity index (χ1) is 11.5. The van der Waals surface area contributed by atoms with Crippen LogP contribution in [0, 0.1) is 0 Å². The summed E-state index contributed by atoms with van der Waals surface area (Å²) in [6.07, 6.45) is 0. The average Bonchev–Trinajstić information content (AvgIpc) is 2.88. The van der Waals surface area contributed by atoms with E-state index < -0.39 is 11.8 Å². The van der Waals surface area contributed by atoms with Gasteiger partial charge in [-0.2, -0.15) is 0 Å². The van der Waals surface area contributed by atoms with Gasteiger partial charge in [0.05, 0.1) is 25.3 Å². The molecule has 0 atom stereocenters. The van der Waals surface area contributed by atoms with E-state index in [9.17, 15) is 14.4 Å². The van der Waals surface area contributed by atoms with Crippen LogP contribution in [0.15, 0.2) is 36.4 Å². The van der Waals surface area contributed by atoms with Gasteiger partial charge in [-0.25, -0.2) is 0 Å². The average molecular weight is 326 g/mol. The molecule has 1 heterocycles. The first-order valence-electron chi connectivity index (χ1n) is 7.06. The van der Waals surface area contributed by atoms with Gasteiger partial charge < -0.3 is 14.8 Å². The molecule has 0 radical (unpaired) electrons. The Balaban J connectivity index is 1.84. The quantitative estimate of drug-likeness (QED) is 0.836. The van der Waals surface area contributed by atoms with Gasteiger partial charge in [0.15, 0.2) is 11.5 Å². The molecular weight excluding hydrogens is 312 g/mol. The molecule has 2 N–H and O–H groups in total. The minimum atomic E-state index is -0.475. The Kier molecular flexibility index (Phi) is 3.91. The Morgan fingerprint density at radius 2 is 1.62 bits per heavy atom. The Morgan fingerprint density at radius 1 is 0.917 bits per heavy atom. The van der Waals surface area contributed by atoms with Crippen molar-refractivity contribution in [3.8, 4) is 11.5 Å². The van der Waals surface area contributed by atoms with Crippen molar-refractivity contribution in [3.05, 3.63) is 53.1 Å². The van der Waals surface area contributed by atoms with Crippen LogP contribution in [-0.4, -0.2) is 31.9 Å². The standard InChI is InChI=1S/C17H14N2O5/c1-23-13-6-3-9(7-14(13)24-2)15(20)18-10-4-5-11-12(8-10)17(22)19-16(11)21/h3-8H,1-2H3,(H,18,20)(H,19,21,22). The topological polar surface area (TPSA) is 93.7 Å². The zero-order valence-corrected chi connectivity index (χ0v) is 13.0. The third kappa shape index (κ3) is 2.67. The zero-order valence-electron chi connectivity index (χ0n) is 13.0. The summed E-state index contributed by atoms with van der Waals surface area (Å²) in [6.45, 7) is 0. The van der Waals surface area contributed by atoms with E-state index in [1.807, 2.05) is 0 Å². The molecule has 0 saturated carbocycles. The fraction of sp³-hybridized carbons (Fsp3) is 0.118. The summed E-state index contributed by atoms with van der Waals surface area (Å²) in [5.74, 6) is -0.337. The summed E-state index contributed by atoms with van der Waals surface area (Å²) in [4.78, 5) is 35.5. The van der Waals surface area contributed by atoms with E-state index in [1.54, 1.807) is 24.3 Å². The number of amides is 3. The molecule has 2 aromatic rings. The predicted molar refractivity (Wildman–Crippen MR) is 85.7 cm³/mol. The molecule has 3 rings (SSSR count). The summed E-state index contributed by atoms with van der Waals surface area (Å²) in [5.41, 5.74) is 1.32. The normalized spacial score (nSPS) is 12.4. The lowest BCUT2D eigenvalue weighted by Crippen LogP contribution is -2.19. The third-order valence-electron chi connectivity index (χ3n) is 3.64. The van der Waals surface area contributed by atoms with Gasteiger partial charge in [-0.15, -0.1) is 0 Å². The van der Waals surface area contributed by atoms with E-state index in [1.165, 1.54) is 26.4 Å². The van der Waals surface area contributed by atoms with Gasteiger partial charge in [0.2, 0.25) is 0 Å². The summed E-state index contributed by atoms with van der Waals surface area (Å²) in [7, 11) is 2.99. The largest absolute Gasteiger partial charge is 0.493 e. The minimum Gasteiger partial charge on any atom is -0.493 e. The molecule has 0 bridgehead atoms. The van der Waals surface area contributed by atoms with Crippen molar-refractivity contribution in [2.45, 2.75) is 0 Å². The van der Waals surface area contributed by atoms with E-state index in [0.717, 1.165) is 0 Å². The number of ether oxygens (including phenoxy) is 2. The van der Waals surface area contributed by atoms with Crippen molar-refractivity contribution in [2.75, 3.05) is 19.5 Å². The summed E-state index contributed by atoms with van der Waals surface area (Å²) < 4.78 is 10.3. The van der Waals surface area contributed by atoms with Gasteiger partial charge in [-0.1, -0.05) is 0 Å². The fourth-order valence-corrected chi connectivity index (χ4v) is 2.43. The van der Waals surface area contributed by atoms with E-state index >= 15 is 0 Å². The van der Waals surface area contributed by atoms with Crippen molar-refractivity contribution in [3.63, 3.8) is 0 Å². The van der Waals surface area contributed by atoms with Gasteiger partial charge in [0, 0.05) is 11.3 Å². The van der Waals surface area contributed by atoms with E-state index in [-0.39, 0.29) is 11.5 Å². The highest BCUT2D eigenvalue weighted by Gasteiger charge is 2.26. The Hall–Kier alpha value is -3.35. The number of carbonyl (C=O) groups excluding carboxylic acids is 3. The molecule has 24 heavy (non-hydrogen) atoms. The number of methoxy groups -OCH3 is 2. The number of hydrogen-bond acceptors (Lipinski definition) is 5. The van der Waals surface area contributed by atoms with Crippen LogP contribution >= 0.6 is 0 Å². The van der Waals surface area contributed by atoms with E-state index in [4.69, 9.17) is 9.47 Å². The molecule has 0 fully saturated rings. The van der Waals surface area contributed by atoms with E-state index in [2.05, 4.69) is 10.6 Å². The molecule has 3 amide bonds. The third-order valence-corrected chi connectivity index (χ3v) is 3.64. The lowest BCUT2D eigenvalue weighted by Gasteiger charge is -2.10. The van der Waals surface area contributed by atoms with E-state index in [0.29, 0.717) is 28.3 Å². The Bertz CT molecular complexity index is 860. The molecule has 2 aromatic carbocycles. The van der Waals surface area contributed by atoms with Gasteiger partial charge in [0.1, 0.15) is 0 Å². The van der Waals surface area contributed by atoms with Crippen LogP contribution in [0.3, 0.4) is 0 Å². The van der Waals surface area contributed by atoms with Crippen molar-refractivity contribution in [1.29, 1.82) is 0 Å². The van der Waals surface area contributed by atoms with Crippen LogP contribution in [0.2, 0.25) is 0 Å². The second-order valence-corrected chi connectivity index (χ2v) is 5.07. The van der Waals surface area contributed by atoms with Crippen LogP contribution in [-0.2, 0) is 0 Å². The van der Waals surface area contributed by atoms with Crippen molar-refractivity contribution in [1.82, 2.24) is 5.32 Å². The molecule has 0 spiro atoms. The van der Waals surface area contributed by atoms with Crippen LogP contribution < -0.4 is 20.1 Å². The van der Waals surface area contributed by atoms with Gasteiger partial charge >= 0.3 is 0 Å². The molecule has 1 aliphatic heterocycles. The van der Waals surface area contributed by atoms with Gasteiger partial charge in [-0.05, 0) is 36.4 Å². The summed E-state index contributed by atoms with van der Waals surface area (Å²) >= 11 is 0. The summed E-state index contributed by atoms with van der Waals surface area (Å²) in [5, 5.41) is 4.89. The molecular formula is C17H14N2O5. The number of hydrogen-bond donors (Lipinski definition) is 2. The van der Waals surface area contributed by atoms with Crippen LogP contribution in [0.25, 0.3) is 0 Å². The molecule has 0 aliphatic carbocycles. The second-order valence-electron chi connectivity index (χ2n) is 5.07. The lowest BCUT2D eigenvalue weighted by molar-refractivity contribution is 0.0878.